The molecule has 0 bridgehead atoms. The van der Waals surface area contributed by atoms with Crippen LogP contribution in [-0.2, 0) is 9.53 Å². The quantitative estimate of drug-likeness (QED) is 0.481. The van der Waals surface area contributed by atoms with Crippen LogP contribution in [0.4, 0.5) is 15.8 Å². The minimum Gasteiger partial charge on any atom is -0.497 e. The Hall–Kier alpha value is -2.38. The first-order valence-electron chi connectivity index (χ1n) is 6.67. The molecule has 0 N–H and O–H groups in total. The first-order valence-corrected chi connectivity index (χ1v) is 6.67. The second kappa shape index (κ2) is 5.78. The largest absolute Gasteiger partial charge is 0.497 e. The highest BCUT2D eigenvalue weighted by atomic mass is 19.1. The second-order valence-corrected chi connectivity index (χ2v) is 5.46. The van der Waals surface area contributed by atoms with Gasteiger partial charge in [-0.15, -0.1) is 0 Å². The minimum absolute atomic E-state index is 0.106. The Balaban J connectivity index is 2.43. The molecule has 0 aliphatic carbocycles. The molecule has 1 aliphatic heterocycles. The predicted octanol–water partition coefficient (Wildman–Crippen LogP) is 2.13. The summed E-state index contributed by atoms with van der Waals surface area (Å²) in [5.74, 6) is -1.17. The Labute approximate surface area is 126 Å². The molecule has 0 aromatic heterocycles. The number of carbonyl (C=O) groups excluding carboxylic acids is 1. The van der Waals surface area contributed by atoms with Gasteiger partial charge >= 0.3 is 11.7 Å². The Kier molecular flexibility index (Phi) is 4.20. The third kappa shape index (κ3) is 2.68. The van der Waals surface area contributed by atoms with Crippen molar-refractivity contribution in [3.63, 3.8) is 0 Å². The maximum atomic E-state index is 14.0. The number of hydrogen-bond acceptors (Lipinski definition) is 6. The van der Waals surface area contributed by atoms with Gasteiger partial charge in [0.2, 0.25) is 5.82 Å². The van der Waals surface area contributed by atoms with E-state index in [1.807, 2.05) is 0 Å². The van der Waals surface area contributed by atoms with E-state index in [-0.39, 0.29) is 24.0 Å². The van der Waals surface area contributed by atoms with Crippen LogP contribution in [0.15, 0.2) is 12.1 Å². The van der Waals surface area contributed by atoms with E-state index in [4.69, 9.17) is 9.47 Å². The fourth-order valence-corrected chi connectivity index (χ4v) is 2.68. The van der Waals surface area contributed by atoms with Crippen molar-refractivity contribution in [1.82, 2.24) is 0 Å². The van der Waals surface area contributed by atoms with E-state index >= 15 is 0 Å². The third-order valence-electron chi connectivity index (χ3n) is 3.93. The molecule has 7 nitrogen and oxygen atoms in total. The molecule has 1 heterocycles. The fourth-order valence-electron chi connectivity index (χ4n) is 2.68. The van der Waals surface area contributed by atoms with Crippen LogP contribution < -0.4 is 9.64 Å². The van der Waals surface area contributed by atoms with Gasteiger partial charge in [0.1, 0.15) is 11.4 Å². The van der Waals surface area contributed by atoms with Crippen LogP contribution in [0.3, 0.4) is 0 Å². The van der Waals surface area contributed by atoms with Crippen molar-refractivity contribution in [1.29, 1.82) is 0 Å². The summed E-state index contributed by atoms with van der Waals surface area (Å²) in [6, 6.07) is 2.38. The molecule has 22 heavy (non-hydrogen) atoms. The topological polar surface area (TPSA) is 81.9 Å². The van der Waals surface area contributed by atoms with Crippen LogP contribution >= 0.6 is 0 Å². The van der Waals surface area contributed by atoms with Crippen LogP contribution in [0.5, 0.6) is 5.75 Å². The standard InChI is InChI=1S/C14H17FN2O5/c1-14(13(18)22-3)4-5-16(8-14)11-7-9(21-2)6-10(15)12(11)17(19)20/h6-7H,4-5,8H2,1-3H3. The van der Waals surface area contributed by atoms with E-state index in [9.17, 15) is 19.3 Å². The molecule has 0 saturated carbocycles. The summed E-state index contributed by atoms with van der Waals surface area (Å²) in [4.78, 5) is 23.8. The molecule has 1 aromatic carbocycles. The summed E-state index contributed by atoms with van der Waals surface area (Å²) in [6.45, 7) is 2.33. The first kappa shape index (κ1) is 16.0. The van der Waals surface area contributed by atoms with Crippen molar-refractivity contribution < 1.29 is 23.6 Å². The number of anilines is 1. The van der Waals surface area contributed by atoms with Crippen LogP contribution in [-0.4, -0.2) is 38.2 Å². The zero-order chi connectivity index (χ0) is 16.5. The number of esters is 1. The molecule has 0 radical (unpaired) electrons. The van der Waals surface area contributed by atoms with Crippen LogP contribution in [0.1, 0.15) is 13.3 Å². The van der Waals surface area contributed by atoms with Crippen molar-refractivity contribution in [3.8, 4) is 5.75 Å². The van der Waals surface area contributed by atoms with E-state index < -0.39 is 21.8 Å². The maximum absolute atomic E-state index is 14.0. The number of methoxy groups -OCH3 is 2. The Morgan fingerprint density at radius 1 is 1.45 bits per heavy atom. The van der Waals surface area contributed by atoms with Gasteiger partial charge in [0.05, 0.1) is 24.6 Å². The van der Waals surface area contributed by atoms with E-state index in [1.54, 1.807) is 11.8 Å². The van der Waals surface area contributed by atoms with Gasteiger partial charge in [-0.25, -0.2) is 0 Å². The molecule has 8 heteroatoms. The van der Waals surface area contributed by atoms with E-state index in [0.717, 1.165) is 6.07 Å². The fraction of sp³-hybridized carbons (Fsp3) is 0.500. The van der Waals surface area contributed by atoms with Crippen molar-refractivity contribution in [2.24, 2.45) is 5.41 Å². The number of nitro benzene ring substituents is 1. The molecule has 1 unspecified atom stereocenters. The number of rotatable bonds is 4. The van der Waals surface area contributed by atoms with Crippen molar-refractivity contribution >= 4 is 17.3 Å². The van der Waals surface area contributed by atoms with Gasteiger partial charge in [-0.2, -0.15) is 4.39 Å². The summed E-state index contributed by atoms with van der Waals surface area (Å²) >= 11 is 0. The molecule has 0 spiro atoms. The van der Waals surface area contributed by atoms with Gasteiger partial charge < -0.3 is 14.4 Å². The van der Waals surface area contributed by atoms with Gasteiger partial charge in [0.15, 0.2) is 0 Å². The predicted molar refractivity (Wildman–Crippen MR) is 76.6 cm³/mol. The number of nitrogens with zero attached hydrogens (tertiary/aromatic N) is 2. The lowest BCUT2D eigenvalue weighted by molar-refractivity contribution is -0.386. The van der Waals surface area contributed by atoms with Gasteiger partial charge in [-0.1, -0.05) is 0 Å². The van der Waals surface area contributed by atoms with E-state index in [1.165, 1.54) is 20.3 Å². The number of carbonyl (C=O) groups is 1. The molecule has 120 valence electrons. The summed E-state index contributed by atoms with van der Waals surface area (Å²) in [7, 11) is 2.65. The molecule has 1 fully saturated rings. The molecular weight excluding hydrogens is 295 g/mol. The van der Waals surface area contributed by atoms with Gasteiger partial charge in [0.25, 0.3) is 0 Å². The smallest absolute Gasteiger partial charge is 0.328 e. The van der Waals surface area contributed by atoms with E-state index in [2.05, 4.69) is 0 Å². The maximum Gasteiger partial charge on any atom is 0.328 e. The van der Waals surface area contributed by atoms with Gasteiger partial charge in [0, 0.05) is 25.2 Å². The number of ether oxygens (including phenoxy) is 2. The summed E-state index contributed by atoms with van der Waals surface area (Å²) in [6.07, 6.45) is 0.468. The summed E-state index contributed by atoms with van der Waals surface area (Å²) in [5, 5.41) is 11.2. The van der Waals surface area contributed by atoms with Gasteiger partial charge in [-0.05, 0) is 13.3 Å². The zero-order valence-corrected chi connectivity index (χ0v) is 12.6. The number of benzene rings is 1. The van der Waals surface area contributed by atoms with Crippen molar-refractivity contribution in [2.45, 2.75) is 13.3 Å². The van der Waals surface area contributed by atoms with Crippen LogP contribution in [0.25, 0.3) is 0 Å². The van der Waals surface area contributed by atoms with Crippen molar-refractivity contribution in [3.05, 3.63) is 28.1 Å². The third-order valence-corrected chi connectivity index (χ3v) is 3.93. The number of halogens is 1. The van der Waals surface area contributed by atoms with Crippen molar-refractivity contribution in [2.75, 3.05) is 32.2 Å². The minimum atomic E-state index is -0.967. The SMILES string of the molecule is COC(=O)C1(C)CCN(c2cc(OC)cc(F)c2[N+](=O)[O-])C1. The highest BCUT2D eigenvalue weighted by Crippen LogP contribution is 2.41. The average molecular weight is 312 g/mol. The average Bonchev–Trinajstić information content (AvgIpc) is 2.88. The Morgan fingerprint density at radius 2 is 2.14 bits per heavy atom. The van der Waals surface area contributed by atoms with Crippen LogP contribution in [0.2, 0.25) is 0 Å². The molecule has 1 saturated heterocycles. The molecule has 1 aromatic rings. The highest BCUT2D eigenvalue weighted by molar-refractivity contribution is 5.79. The first-order chi connectivity index (χ1) is 10.3. The lowest BCUT2D eigenvalue weighted by Crippen LogP contribution is -2.33. The second-order valence-electron chi connectivity index (χ2n) is 5.46. The monoisotopic (exact) mass is 312 g/mol. The highest BCUT2D eigenvalue weighted by Gasteiger charge is 2.43. The van der Waals surface area contributed by atoms with E-state index in [0.29, 0.717) is 13.0 Å². The molecule has 1 aliphatic rings. The molecule has 2 rings (SSSR count). The number of hydrogen-bond donors (Lipinski definition) is 0. The number of nitro groups is 1. The Bertz CT molecular complexity index is 621. The lowest BCUT2D eigenvalue weighted by Gasteiger charge is -2.23. The zero-order valence-electron chi connectivity index (χ0n) is 12.6. The Morgan fingerprint density at radius 3 is 2.68 bits per heavy atom. The normalized spacial score (nSPS) is 20.8. The molecular formula is C14H17FN2O5. The summed E-state index contributed by atoms with van der Waals surface area (Å²) < 4.78 is 23.7. The van der Waals surface area contributed by atoms with Crippen LogP contribution in [0, 0.1) is 21.3 Å². The molecule has 1 atom stereocenters. The lowest BCUT2D eigenvalue weighted by atomic mass is 9.90. The summed E-state index contributed by atoms with van der Waals surface area (Å²) in [5.41, 5.74) is -1.29. The van der Waals surface area contributed by atoms with Gasteiger partial charge in [-0.3, -0.25) is 14.9 Å². The molecule has 0 amide bonds.